The van der Waals surface area contributed by atoms with Gasteiger partial charge in [0.05, 0.1) is 0 Å². The minimum Gasteiger partial charge on any atom is -0.480 e. The fraction of sp³-hybridized carbons (Fsp3) is 0.378. The maximum atomic E-state index is 14.2. The van der Waals surface area contributed by atoms with E-state index in [0.717, 1.165) is 16.7 Å². The summed E-state index contributed by atoms with van der Waals surface area (Å²) in [5.41, 5.74) is 2.31. The topological polar surface area (TPSA) is 136 Å². The van der Waals surface area contributed by atoms with Gasteiger partial charge in [0, 0.05) is 40.3 Å². The number of nitrogens with one attached hydrogen (secondary N) is 2. The van der Waals surface area contributed by atoms with Crippen LogP contribution in [0.1, 0.15) is 43.9 Å². The van der Waals surface area contributed by atoms with Gasteiger partial charge in [0.1, 0.15) is 24.2 Å². The Morgan fingerprint density at radius 3 is 1.51 bits per heavy atom. The zero-order valence-corrected chi connectivity index (χ0v) is 27.8. The number of likely N-dealkylation sites (N-methyl/N-ethyl adjacent to an activating group) is 2. The maximum absolute atomic E-state index is 14.2. The monoisotopic (exact) mass is 642 g/mol. The average Bonchev–Trinajstić information content (AvgIpc) is 3.07. The van der Waals surface area contributed by atoms with Gasteiger partial charge in [0.25, 0.3) is 0 Å². The van der Waals surface area contributed by atoms with E-state index in [1.165, 1.54) is 30.8 Å². The quantitative estimate of drug-likeness (QED) is 0.219. The van der Waals surface area contributed by atoms with Crippen LogP contribution in [0.4, 0.5) is 0 Å². The van der Waals surface area contributed by atoms with Crippen LogP contribution in [0.15, 0.2) is 91.0 Å². The zero-order valence-electron chi connectivity index (χ0n) is 27.8. The van der Waals surface area contributed by atoms with Crippen molar-refractivity contribution in [1.29, 1.82) is 0 Å². The summed E-state index contributed by atoms with van der Waals surface area (Å²) >= 11 is 0. The first-order valence-corrected chi connectivity index (χ1v) is 15.9. The second kappa shape index (κ2) is 17.6. The number of carbonyl (C=O) groups excluding carboxylic acids is 4. The lowest BCUT2D eigenvalue weighted by molar-refractivity contribution is -0.150. The van der Waals surface area contributed by atoms with Crippen molar-refractivity contribution >= 4 is 29.6 Å². The first kappa shape index (κ1) is 36.5. The highest BCUT2D eigenvalue weighted by Crippen LogP contribution is 2.17. The number of carboxylic acids is 1. The minimum absolute atomic E-state index is 0.0818. The van der Waals surface area contributed by atoms with Crippen molar-refractivity contribution in [1.82, 2.24) is 20.4 Å². The largest absolute Gasteiger partial charge is 0.480 e. The minimum atomic E-state index is -1.18. The van der Waals surface area contributed by atoms with Crippen LogP contribution in [0, 0.1) is 5.92 Å². The van der Waals surface area contributed by atoms with Gasteiger partial charge in [-0.2, -0.15) is 0 Å². The third-order valence-electron chi connectivity index (χ3n) is 8.50. The van der Waals surface area contributed by atoms with E-state index < -0.39 is 47.9 Å². The molecule has 0 radical (unpaired) electrons. The number of carbonyl (C=O) groups is 5. The van der Waals surface area contributed by atoms with Crippen molar-refractivity contribution in [3.8, 4) is 0 Å². The molecule has 3 aromatic carbocycles. The molecular weight excluding hydrogens is 596 g/mol. The van der Waals surface area contributed by atoms with Gasteiger partial charge in [0.15, 0.2) is 0 Å². The van der Waals surface area contributed by atoms with Crippen molar-refractivity contribution in [2.45, 2.75) is 70.6 Å². The first-order chi connectivity index (χ1) is 22.4. The van der Waals surface area contributed by atoms with Gasteiger partial charge in [0.2, 0.25) is 23.6 Å². The summed E-state index contributed by atoms with van der Waals surface area (Å²) in [6, 6.07) is 23.2. The zero-order chi connectivity index (χ0) is 34.5. The molecule has 10 heteroatoms. The predicted molar refractivity (Wildman–Crippen MR) is 180 cm³/mol. The molecule has 0 aliphatic carbocycles. The van der Waals surface area contributed by atoms with Crippen LogP contribution in [-0.4, -0.2) is 82.8 Å². The Labute approximate surface area is 277 Å². The van der Waals surface area contributed by atoms with Crippen LogP contribution in [0.3, 0.4) is 0 Å². The molecule has 3 N–H and O–H groups in total. The Bertz CT molecular complexity index is 1480. The lowest BCUT2D eigenvalue weighted by atomic mass is 9.96. The van der Waals surface area contributed by atoms with Crippen molar-refractivity contribution in [3.63, 3.8) is 0 Å². The summed E-state index contributed by atoms with van der Waals surface area (Å²) in [6.45, 7) is 5.12. The average molecular weight is 643 g/mol. The van der Waals surface area contributed by atoms with Crippen LogP contribution >= 0.6 is 0 Å². The number of benzene rings is 3. The van der Waals surface area contributed by atoms with Gasteiger partial charge in [-0.15, -0.1) is 0 Å². The second-order valence-corrected chi connectivity index (χ2v) is 12.0. The Morgan fingerprint density at radius 2 is 1.09 bits per heavy atom. The van der Waals surface area contributed by atoms with Crippen LogP contribution < -0.4 is 10.6 Å². The smallest absolute Gasteiger partial charge is 0.326 e. The van der Waals surface area contributed by atoms with Crippen molar-refractivity contribution in [3.05, 3.63) is 108 Å². The molecule has 5 atom stereocenters. The Hall–Kier alpha value is -4.99. The maximum Gasteiger partial charge on any atom is 0.326 e. The highest BCUT2D eigenvalue weighted by molar-refractivity contribution is 5.95. The van der Waals surface area contributed by atoms with Crippen LogP contribution in [-0.2, 0) is 43.2 Å². The number of aliphatic carboxylic acids is 1. The van der Waals surface area contributed by atoms with Gasteiger partial charge < -0.3 is 25.5 Å². The number of rotatable bonds is 16. The lowest BCUT2D eigenvalue weighted by Gasteiger charge is -2.34. The number of amides is 4. The van der Waals surface area contributed by atoms with E-state index in [1.54, 1.807) is 24.3 Å². The molecule has 0 aliphatic rings. The molecule has 0 aliphatic heterocycles. The summed E-state index contributed by atoms with van der Waals surface area (Å²) in [7, 11) is 2.95. The van der Waals surface area contributed by atoms with Crippen molar-refractivity contribution < 1.29 is 29.1 Å². The lowest BCUT2D eigenvalue weighted by Crippen LogP contribution is -2.60. The molecule has 3 aromatic rings. The Kier molecular flexibility index (Phi) is 13.7. The highest BCUT2D eigenvalue weighted by atomic mass is 16.4. The van der Waals surface area contributed by atoms with Crippen molar-refractivity contribution in [2.75, 3.05) is 14.1 Å². The third-order valence-corrected chi connectivity index (χ3v) is 8.50. The van der Waals surface area contributed by atoms with Gasteiger partial charge >= 0.3 is 5.97 Å². The van der Waals surface area contributed by atoms with Crippen LogP contribution in [0.5, 0.6) is 0 Å². The fourth-order valence-electron chi connectivity index (χ4n) is 5.46. The SMILES string of the molecule is CC[C@H](C)[C@H](NC(C)=O)C(=O)N(C)[C@@H](Cc1ccccc1)C(=O)N[C@@H](Cc1ccccc1)C(=O)N(C)[C@@H](Cc1ccccc1)C(=O)O. The van der Waals surface area contributed by atoms with E-state index in [9.17, 15) is 29.1 Å². The molecule has 3 rings (SSSR count). The van der Waals surface area contributed by atoms with Gasteiger partial charge in [-0.3, -0.25) is 19.2 Å². The molecule has 0 unspecified atom stereocenters. The van der Waals surface area contributed by atoms with Gasteiger partial charge in [-0.1, -0.05) is 111 Å². The molecule has 0 aromatic heterocycles. The first-order valence-electron chi connectivity index (χ1n) is 15.9. The predicted octanol–water partition coefficient (Wildman–Crippen LogP) is 3.49. The number of carboxylic acid groups (broad SMARTS) is 1. The normalized spacial score (nSPS) is 14.1. The number of hydrogen-bond donors (Lipinski definition) is 3. The molecule has 0 bridgehead atoms. The van der Waals surface area contributed by atoms with E-state index in [4.69, 9.17) is 0 Å². The molecule has 250 valence electrons. The molecule has 47 heavy (non-hydrogen) atoms. The highest BCUT2D eigenvalue weighted by Gasteiger charge is 2.37. The summed E-state index contributed by atoms with van der Waals surface area (Å²) in [5.74, 6) is -3.31. The van der Waals surface area contributed by atoms with Gasteiger partial charge in [-0.05, 0) is 22.6 Å². The molecule has 10 nitrogen and oxygen atoms in total. The van der Waals surface area contributed by atoms with Crippen LogP contribution in [0.2, 0.25) is 0 Å². The third kappa shape index (κ3) is 10.5. The van der Waals surface area contributed by atoms with E-state index >= 15 is 0 Å². The molecule has 0 fully saturated rings. The number of hydrogen-bond acceptors (Lipinski definition) is 5. The molecule has 4 amide bonds. The van der Waals surface area contributed by atoms with E-state index in [-0.39, 0.29) is 31.1 Å². The van der Waals surface area contributed by atoms with E-state index in [0.29, 0.717) is 6.42 Å². The summed E-state index contributed by atoms with van der Waals surface area (Å²) in [6.07, 6.45) is 0.951. The van der Waals surface area contributed by atoms with Crippen LogP contribution in [0.25, 0.3) is 0 Å². The number of nitrogens with zero attached hydrogens (tertiary/aromatic N) is 2. The Balaban J connectivity index is 1.97. The second-order valence-electron chi connectivity index (χ2n) is 12.0. The molecule has 0 spiro atoms. The van der Waals surface area contributed by atoms with E-state index in [2.05, 4.69) is 10.6 Å². The standard InChI is InChI=1S/C37H46N4O6/c1-6-25(2)33(38-26(3)42)36(45)40(4)31(23-28-18-12-8-13-19-28)34(43)39-30(22-27-16-10-7-11-17-27)35(44)41(5)32(37(46)47)24-29-20-14-9-15-21-29/h7-21,25,30-33H,6,22-24H2,1-5H3,(H,38,42)(H,39,43)(H,46,47)/t25-,30-,31-,32-,33-/m0/s1. The summed E-state index contributed by atoms with van der Waals surface area (Å²) < 4.78 is 0. The molecule has 0 saturated carbocycles. The molecule has 0 saturated heterocycles. The Morgan fingerprint density at radius 1 is 0.660 bits per heavy atom. The summed E-state index contributed by atoms with van der Waals surface area (Å²) in [5, 5.41) is 15.7. The van der Waals surface area contributed by atoms with E-state index in [1.807, 2.05) is 80.6 Å². The molecular formula is C37H46N4O6. The summed E-state index contributed by atoms with van der Waals surface area (Å²) in [4.78, 5) is 69.1. The van der Waals surface area contributed by atoms with Crippen molar-refractivity contribution in [2.24, 2.45) is 5.92 Å². The molecule has 0 heterocycles. The fourth-order valence-corrected chi connectivity index (χ4v) is 5.46. The van der Waals surface area contributed by atoms with Gasteiger partial charge in [-0.25, -0.2) is 4.79 Å².